The monoisotopic (exact) mass is 328 g/mol. The van der Waals surface area contributed by atoms with Crippen LogP contribution < -0.4 is 10.6 Å². The zero-order chi connectivity index (χ0) is 15.0. The van der Waals surface area contributed by atoms with E-state index in [2.05, 4.69) is 0 Å². The van der Waals surface area contributed by atoms with Gasteiger partial charge in [-0.2, -0.15) is 0 Å². The molecule has 0 spiro atoms. The van der Waals surface area contributed by atoms with E-state index in [1.54, 1.807) is 0 Å². The van der Waals surface area contributed by atoms with Crippen LogP contribution in [0.25, 0.3) is 0 Å². The second-order valence-corrected chi connectivity index (χ2v) is 6.34. The summed E-state index contributed by atoms with van der Waals surface area (Å²) in [7, 11) is -2.08. The topological polar surface area (TPSA) is 0 Å². The smallest absolute Gasteiger partial charge is 0.194 e. The lowest BCUT2D eigenvalue weighted by atomic mass is 10.3. The van der Waals surface area contributed by atoms with Crippen molar-refractivity contribution in [1.82, 2.24) is 0 Å². The fraction of sp³-hybridized carbons (Fsp3) is 0. The van der Waals surface area contributed by atoms with Crippen LogP contribution in [0, 0.1) is 34.9 Å². The fourth-order valence-electron chi connectivity index (χ4n) is 1.46. The molecule has 0 fully saturated rings. The van der Waals surface area contributed by atoms with Gasteiger partial charge in [0.05, 0.1) is 7.27 Å². The van der Waals surface area contributed by atoms with Crippen LogP contribution in [0.1, 0.15) is 0 Å². The quantitative estimate of drug-likeness (QED) is 0.442. The summed E-state index contributed by atoms with van der Waals surface area (Å²) in [6, 6.07) is 2.49. The Kier molecular flexibility index (Phi) is 4.25. The van der Waals surface area contributed by atoms with E-state index in [1.807, 2.05) is 0 Å². The van der Waals surface area contributed by atoms with Crippen LogP contribution in [0.4, 0.5) is 26.3 Å². The Balaban J connectivity index is 2.49. The molecule has 0 nitrogen and oxygen atoms in total. The molecule has 0 atom stereocenters. The number of benzene rings is 2. The summed E-state index contributed by atoms with van der Waals surface area (Å²) in [5.41, 5.74) is 0. The molecule has 8 heteroatoms. The molecule has 0 aliphatic heterocycles. The number of rotatable bonds is 2. The van der Waals surface area contributed by atoms with Gasteiger partial charge < -0.3 is 0 Å². The largest absolute Gasteiger partial charge is 0.204 e. The average Bonchev–Trinajstić information content (AvgIpc) is 2.40. The predicted molar refractivity (Wildman–Crippen MR) is 64.7 cm³/mol. The summed E-state index contributed by atoms with van der Waals surface area (Å²) in [6.07, 6.45) is 0. The van der Waals surface area contributed by atoms with Crippen LogP contribution in [-0.2, 0) is 0 Å². The van der Waals surface area contributed by atoms with Crippen LogP contribution in [-0.4, -0.2) is 0 Å². The van der Waals surface area contributed by atoms with Crippen molar-refractivity contribution in [3.8, 4) is 0 Å². The second-order valence-electron chi connectivity index (χ2n) is 3.73. The Morgan fingerprint density at radius 2 is 0.850 bits per heavy atom. The van der Waals surface area contributed by atoms with Crippen LogP contribution >= 0.6 is 18.5 Å². The normalized spacial score (nSPS) is 11.2. The lowest BCUT2D eigenvalue weighted by molar-refractivity contribution is 0.448. The Morgan fingerprint density at radius 1 is 0.600 bits per heavy atom. The van der Waals surface area contributed by atoms with Gasteiger partial charge in [-0.05, 0) is 24.3 Å². The maximum atomic E-state index is 13.1. The van der Waals surface area contributed by atoms with Crippen molar-refractivity contribution >= 4 is 29.1 Å². The zero-order valence-corrected chi connectivity index (χ0v) is 11.1. The van der Waals surface area contributed by atoms with Crippen molar-refractivity contribution < 1.29 is 26.3 Å². The summed E-state index contributed by atoms with van der Waals surface area (Å²) in [4.78, 5) is 0. The molecule has 0 aliphatic rings. The molecule has 2 aromatic carbocycles. The van der Waals surface area contributed by atoms with E-state index in [9.17, 15) is 26.3 Å². The SMILES string of the molecule is Fc1cc(P(Cl)c2cc(F)c(F)c(F)c2)cc(F)c1F. The molecule has 0 saturated carbocycles. The number of halogens is 7. The maximum absolute atomic E-state index is 13.1. The lowest BCUT2D eigenvalue weighted by Gasteiger charge is -2.11. The minimum absolute atomic E-state index is 0.191. The van der Waals surface area contributed by atoms with E-state index < -0.39 is 42.2 Å². The molecule has 0 bridgehead atoms. The summed E-state index contributed by atoms with van der Waals surface area (Å²) in [6.45, 7) is 0. The van der Waals surface area contributed by atoms with Gasteiger partial charge in [-0.25, -0.2) is 26.3 Å². The van der Waals surface area contributed by atoms with E-state index in [0.29, 0.717) is 24.3 Å². The first kappa shape index (κ1) is 15.1. The molecule has 0 saturated heterocycles. The van der Waals surface area contributed by atoms with E-state index in [1.165, 1.54) is 0 Å². The highest BCUT2D eigenvalue weighted by molar-refractivity contribution is 7.95. The molecule has 0 radical (unpaired) electrons. The molecule has 0 unspecified atom stereocenters. The van der Waals surface area contributed by atoms with Gasteiger partial charge in [0, 0.05) is 10.6 Å². The first-order chi connectivity index (χ1) is 9.31. The molecule has 20 heavy (non-hydrogen) atoms. The van der Waals surface area contributed by atoms with Crippen molar-refractivity contribution in [3.63, 3.8) is 0 Å². The summed E-state index contributed by atoms with van der Waals surface area (Å²) >= 11 is 5.88. The van der Waals surface area contributed by atoms with E-state index in [4.69, 9.17) is 11.2 Å². The minimum Gasteiger partial charge on any atom is -0.204 e. The zero-order valence-electron chi connectivity index (χ0n) is 9.40. The van der Waals surface area contributed by atoms with Gasteiger partial charge in [0.15, 0.2) is 34.9 Å². The Hall–Kier alpha value is -1.26. The molecule has 0 aliphatic carbocycles. The Labute approximate surface area is 115 Å². The third kappa shape index (κ3) is 2.76. The van der Waals surface area contributed by atoms with Crippen LogP contribution in [0.5, 0.6) is 0 Å². The number of hydrogen-bond donors (Lipinski definition) is 0. The van der Waals surface area contributed by atoms with Gasteiger partial charge in [-0.15, -0.1) is 0 Å². The number of hydrogen-bond acceptors (Lipinski definition) is 0. The predicted octanol–water partition coefficient (Wildman–Crippen LogP) is 4.11. The lowest BCUT2D eigenvalue weighted by Crippen LogP contribution is -2.13. The average molecular weight is 329 g/mol. The van der Waals surface area contributed by atoms with Crippen LogP contribution in [0.3, 0.4) is 0 Å². The highest BCUT2D eigenvalue weighted by Gasteiger charge is 2.20. The molecule has 2 aromatic rings. The fourth-order valence-corrected chi connectivity index (χ4v) is 3.25. The van der Waals surface area contributed by atoms with Crippen LogP contribution in [0.15, 0.2) is 24.3 Å². The first-order valence-electron chi connectivity index (χ1n) is 5.06. The third-order valence-corrected chi connectivity index (χ3v) is 4.98. The second kappa shape index (κ2) is 5.62. The summed E-state index contributed by atoms with van der Waals surface area (Å²) in [5.74, 6) is -9.25. The van der Waals surface area contributed by atoms with Gasteiger partial charge in [-0.1, -0.05) is 11.2 Å². The highest BCUT2D eigenvalue weighted by Crippen LogP contribution is 2.40. The maximum Gasteiger partial charge on any atom is 0.194 e. The molecule has 0 amide bonds. The van der Waals surface area contributed by atoms with Crippen molar-refractivity contribution in [1.29, 1.82) is 0 Å². The van der Waals surface area contributed by atoms with Gasteiger partial charge in [0.2, 0.25) is 0 Å². The van der Waals surface area contributed by atoms with E-state index in [0.717, 1.165) is 0 Å². The van der Waals surface area contributed by atoms with Crippen molar-refractivity contribution in [2.45, 2.75) is 0 Å². The van der Waals surface area contributed by atoms with Gasteiger partial charge in [0.25, 0.3) is 0 Å². The molecular weight excluding hydrogens is 325 g/mol. The Morgan fingerprint density at radius 3 is 1.10 bits per heavy atom. The van der Waals surface area contributed by atoms with Gasteiger partial charge in [0.1, 0.15) is 0 Å². The van der Waals surface area contributed by atoms with Crippen LogP contribution in [0.2, 0.25) is 0 Å². The van der Waals surface area contributed by atoms with Crippen molar-refractivity contribution in [2.75, 3.05) is 0 Å². The van der Waals surface area contributed by atoms with Gasteiger partial charge >= 0.3 is 0 Å². The molecule has 0 N–H and O–H groups in total. The molecule has 0 aromatic heterocycles. The summed E-state index contributed by atoms with van der Waals surface area (Å²) in [5, 5.41) is -0.382. The first-order valence-corrected chi connectivity index (χ1v) is 7.31. The summed E-state index contributed by atoms with van der Waals surface area (Å²) < 4.78 is 77.9. The van der Waals surface area contributed by atoms with E-state index in [-0.39, 0.29) is 10.6 Å². The van der Waals surface area contributed by atoms with Gasteiger partial charge in [-0.3, -0.25) is 0 Å². The Bertz CT molecular complexity index is 571. The molecule has 2 rings (SSSR count). The minimum atomic E-state index is -2.08. The van der Waals surface area contributed by atoms with E-state index >= 15 is 0 Å². The molecular formula is C12H4ClF6P. The molecule has 106 valence electrons. The third-order valence-electron chi connectivity index (χ3n) is 2.39. The molecule has 0 heterocycles. The standard InChI is InChI=1S/C12H4ClF6P/c13-20(5-1-7(14)11(18)8(15)2-5)6-3-9(16)12(19)10(17)4-6/h1-4H. The van der Waals surface area contributed by atoms with Crippen molar-refractivity contribution in [2.24, 2.45) is 0 Å². The highest BCUT2D eigenvalue weighted by atomic mass is 35.7. The van der Waals surface area contributed by atoms with Crippen molar-refractivity contribution in [3.05, 3.63) is 59.2 Å².